The molecule has 5 N–H and O–H groups in total. The number of para-hydroxylation sites is 2. The van der Waals surface area contributed by atoms with Gasteiger partial charge in [-0.2, -0.15) is 0 Å². The molecule has 6 rings (SSSR count). The highest BCUT2D eigenvalue weighted by molar-refractivity contribution is 7.99. The molecule has 1 aromatic heterocycles. The van der Waals surface area contributed by atoms with Crippen LogP contribution in [0.5, 0.6) is 0 Å². The fraction of sp³-hybridized carbons (Fsp3) is 0.293. The molecule has 2 amide bonds. The molecular weight excluding hydrogens is 675 g/mol. The summed E-state index contributed by atoms with van der Waals surface area (Å²) in [6, 6.07) is 31.4. The van der Waals surface area contributed by atoms with Gasteiger partial charge in [-0.3, -0.25) is 9.59 Å². The van der Waals surface area contributed by atoms with E-state index in [1.807, 2.05) is 78.5 Å². The fourth-order valence-corrected chi connectivity index (χ4v) is 7.04. The molecule has 1 aliphatic heterocycles. The lowest BCUT2D eigenvalue weighted by atomic mass is 9.99. The predicted molar refractivity (Wildman–Crippen MR) is 204 cm³/mol. The topological polar surface area (TPSA) is 141 Å². The first-order valence-electron chi connectivity index (χ1n) is 17.6. The summed E-state index contributed by atoms with van der Waals surface area (Å²) in [6.45, 7) is 0.399. The van der Waals surface area contributed by atoms with Gasteiger partial charge in [0.05, 0.1) is 30.2 Å². The van der Waals surface area contributed by atoms with E-state index >= 15 is 0 Å². The molecule has 1 saturated heterocycles. The Bertz CT molecular complexity index is 1950. The van der Waals surface area contributed by atoms with E-state index in [2.05, 4.69) is 39.9 Å². The van der Waals surface area contributed by atoms with E-state index in [0.29, 0.717) is 50.0 Å². The highest BCUT2D eigenvalue weighted by atomic mass is 32.2. The van der Waals surface area contributed by atoms with Crippen LogP contribution in [0, 0.1) is 0 Å². The number of ether oxygens (including phenoxy) is 2. The summed E-state index contributed by atoms with van der Waals surface area (Å²) in [5, 5.41) is 16.3. The number of carbonyl (C=O) groups excluding carboxylic acids is 2. The molecule has 270 valence electrons. The summed E-state index contributed by atoms with van der Waals surface area (Å²) in [4.78, 5) is 29.3. The van der Waals surface area contributed by atoms with Crippen LogP contribution in [0.4, 0.5) is 11.4 Å². The zero-order valence-electron chi connectivity index (χ0n) is 29.2. The minimum atomic E-state index is -0.576. The predicted octanol–water partition coefficient (Wildman–Crippen LogP) is 7.31. The number of aliphatic hydroxyl groups excluding tert-OH is 1. The number of unbranched alkanes of at least 4 members (excludes halogenated alkanes) is 1. The van der Waals surface area contributed by atoms with Crippen LogP contribution in [0.3, 0.4) is 0 Å². The van der Waals surface area contributed by atoms with E-state index < -0.39 is 6.29 Å². The van der Waals surface area contributed by atoms with Gasteiger partial charge in [-0.1, -0.05) is 84.6 Å². The first-order chi connectivity index (χ1) is 25.3. The van der Waals surface area contributed by atoms with Gasteiger partial charge in [0, 0.05) is 56.6 Å². The van der Waals surface area contributed by atoms with Gasteiger partial charge < -0.3 is 35.5 Å². The van der Waals surface area contributed by atoms with Crippen LogP contribution in [0.15, 0.2) is 115 Å². The molecule has 52 heavy (non-hydrogen) atoms. The van der Waals surface area contributed by atoms with Crippen LogP contribution < -0.4 is 16.4 Å². The zero-order valence-corrected chi connectivity index (χ0v) is 30.1. The van der Waals surface area contributed by atoms with Crippen molar-refractivity contribution in [2.45, 2.75) is 68.9 Å². The molecular formula is C41H45N5O5S. The van der Waals surface area contributed by atoms with Crippen LogP contribution in [0.2, 0.25) is 0 Å². The van der Waals surface area contributed by atoms with E-state index in [0.717, 1.165) is 44.3 Å². The first-order valence-corrected chi connectivity index (χ1v) is 18.5. The second-order valence-electron chi connectivity index (χ2n) is 12.9. The van der Waals surface area contributed by atoms with Gasteiger partial charge in [-0.25, -0.2) is 4.98 Å². The van der Waals surface area contributed by atoms with Gasteiger partial charge in [0.1, 0.15) is 0 Å². The van der Waals surface area contributed by atoms with Crippen LogP contribution in [-0.4, -0.2) is 38.3 Å². The Morgan fingerprint density at radius 2 is 1.63 bits per heavy atom. The summed E-state index contributed by atoms with van der Waals surface area (Å²) >= 11 is 1.66. The number of nitrogens with two attached hydrogens (primary N) is 1. The summed E-state index contributed by atoms with van der Waals surface area (Å²) in [5.41, 5.74) is 12.9. The number of imidazole rings is 1. The smallest absolute Gasteiger partial charge is 0.224 e. The molecule has 0 bridgehead atoms. The Hall–Kier alpha value is -4.94. The van der Waals surface area contributed by atoms with Crippen molar-refractivity contribution in [3.63, 3.8) is 0 Å². The van der Waals surface area contributed by atoms with Gasteiger partial charge in [0.2, 0.25) is 11.8 Å². The monoisotopic (exact) mass is 719 g/mol. The van der Waals surface area contributed by atoms with E-state index in [9.17, 15) is 14.7 Å². The van der Waals surface area contributed by atoms with Crippen molar-refractivity contribution in [1.82, 2.24) is 14.9 Å². The Balaban J connectivity index is 1.05. The molecule has 1 fully saturated rings. The van der Waals surface area contributed by atoms with E-state index in [-0.39, 0.29) is 30.6 Å². The second-order valence-corrected chi connectivity index (χ2v) is 13.9. The van der Waals surface area contributed by atoms with E-state index in [1.165, 1.54) is 0 Å². The lowest BCUT2D eigenvalue weighted by molar-refractivity contribution is -0.245. The molecule has 3 atom stereocenters. The number of nitrogen functional groups attached to an aromatic ring is 1. The standard InChI is InChI=1S/C41H45N5O5S/c1-46-21-20-43-41(46)52-27-34-24-37(30-18-16-28(26-47)17-19-30)51-40(50-34)33-11-7-10-32(23-33)31-9-6-8-29(22-31)25-44-38(48)14-4-5-15-39(49)45-36-13-3-2-12-35(36)42/h2-3,6-13,16-23,34,37,40,47H,4-5,14-15,24-27,42H2,1H3,(H,44,48)(H,45,49). The Morgan fingerprint density at radius 1 is 0.885 bits per heavy atom. The second kappa shape index (κ2) is 18.0. The van der Waals surface area contributed by atoms with Gasteiger partial charge in [-0.05, 0) is 64.9 Å². The van der Waals surface area contributed by atoms with Crippen LogP contribution in [0.1, 0.15) is 66.8 Å². The van der Waals surface area contributed by atoms with Crippen LogP contribution in [-0.2, 0) is 39.3 Å². The van der Waals surface area contributed by atoms with Crippen molar-refractivity contribution in [3.05, 3.63) is 132 Å². The maximum absolute atomic E-state index is 12.6. The average Bonchev–Trinajstić information content (AvgIpc) is 3.60. The van der Waals surface area contributed by atoms with Crippen molar-refractivity contribution < 1.29 is 24.2 Å². The molecule has 3 unspecified atom stereocenters. The van der Waals surface area contributed by atoms with Crippen molar-refractivity contribution in [2.75, 3.05) is 16.8 Å². The summed E-state index contributed by atoms with van der Waals surface area (Å²) in [6.07, 6.45) is 5.47. The van der Waals surface area contributed by atoms with Gasteiger partial charge >= 0.3 is 0 Å². The van der Waals surface area contributed by atoms with Gasteiger partial charge in [-0.15, -0.1) is 0 Å². The van der Waals surface area contributed by atoms with Crippen molar-refractivity contribution >= 4 is 35.0 Å². The van der Waals surface area contributed by atoms with Crippen LogP contribution in [0.25, 0.3) is 11.1 Å². The number of amides is 2. The molecule has 0 radical (unpaired) electrons. The Morgan fingerprint density at radius 3 is 2.38 bits per heavy atom. The number of anilines is 2. The first kappa shape index (κ1) is 36.8. The van der Waals surface area contributed by atoms with Crippen molar-refractivity contribution in [3.8, 4) is 11.1 Å². The number of hydrogen-bond acceptors (Lipinski definition) is 8. The number of aromatic nitrogens is 2. The molecule has 11 heteroatoms. The Kier molecular flexibility index (Phi) is 12.8. The maximum atomic E-state index is 12.6. The number of carbonyl (C=O) groups is 2. The number of nitrogens with one attached hydrogen (secondary N) is 2. The third kappa shape index (κ3) is 10.1. The number of hydrogen-bond donors (Lipinski definition) is 4. The molecule has 0 spiro atoms. The molecule has 0 aliphatic carbocycles. The number of aryl methyl sites for hydroxylation is 1. The minimum absolute atomic E-state index is 0.00514. The fourth-order valence-electron chi connectivity index (χ4n) is 6.09. The lowest BCUT2D eigenvalue weighted by Gasteiger charge is -2.36. The van der Waals surface area contributed by atoms with E-state index in [4.69, 9.17) is 15.2 Å². The summed E-state index contributed by atoms with van der Waals surface area (Å²) in [7, 11) is 1.98. The quantitative estimate of drug-likeness (QED) is 0.0502. The Labute approximate surface area is 308 Å². The molecule has 10 nitrogen and oxygen atoms in total. The summed E-state index contributed by atoms with van der Waals surface area (Å²) < 4.78 is 15.2. The zero-order chi connectivity index (χ0) is 36.3. The number of nitrogens with zero attached hydrogens (tertiary/aromatic N) is 2. The molecule has 5 aromatic rings. The number of rotatable bonds is 15. The molecule has 1 aliphatic rings. The van der Waals surface area contributed by atoms with Crippen LogP contribution >= 0.6 is 11.8 Å². The third-order valence-electron chi connectivity index (χ3n) is 8.99. The number of thioether (sulfide) groups is 1. The number of aliphatic hydroxyl groups is 1. The molecule has 2 heterocycles. The highest BCUT2D eigenvalue weighted by Gasteiger charge is 2.32. The normalized spacial score (nSPS) is 17.1. The third-order valence-corrected chi connectivity index (χ3v) is 10.2. The van der Waals surface area contributed by atoms with Crippen molar-refractivity contribution in [1.29, 1.82) is 0 Å². The maximum Gasteiger partial charge on any atom is 0.224 e. The summed E-state index contributed by atoms with van der Waals surface area (Å²) in [5.74, 6) is 0.555. The van der Waals surface area contributed by atoms with E-state index in [1.54, 1.807) is 30.1 Å². The number of benzene rings is 4. The van der Waals surface area contributed by atoms with Crippen molar-refractivity contribution in [2.24, 2.45) is 7.05 Å². The lowest BCUT2D eigenvalue weighted by Crippen LogP contribution is -2.31. The van der Waals surface area contributed by atoms with Gasteiger partial charge in [0.15, 0.2) is 11.4 Å². The average molecular weight is 720 g/mol. The largest absolute Gasteiger partial charge is 0.397 e. The van der Waals surface area contributed by atoms with Gasteiger partial charge in [0.25, 0.3) is 0 Å². The molecule has 0 saturated carbocycles. The minimum Gasteiger partial charge on any atom is -0.397 e. The molecule has 4 aromatic carbocycles. The SMILES string of the molecule is Cn1ccnc1SCC1CC(c2ccc(CO)cc2)OC(c2cccc(-c3cccc(CNC(=O)CCCCC(=O)Nc4ccccc4N)c3)c2)O1. The highest BCUT2D eigenvalue weighted by Crippen LogP contribution is 2.40.